The van der Waals surface area contributed by atoms with Crippen molar-refractivity contribution in [3.63, 3.8) is 0 Å². The standard InChI is InChI=1S/C33H63N2/c1-3-5-7-9-11-12-13-14-15-16-17-19-21-23-27-32(26-22-20-18-10-8-6-4-2)28-24-25-29-33-34-30-31-35-33/h30-32H,3-29H2,1-2H3/q+1. The summed E-state index contributed by atoms with van der Waals surface area (Å²) in [5, 5.41) is 0. The fourth-order valence-corrected chi connectivity index (χ4v) is 5.57. The second-order valence-electron chi connectivity index (χ2n) is 11.4. The van der Waals surface area contributed by atoms with Gasteiger partial charge >= 0.3 is 0 Å². The van der Waals surface area contributed by atoms with E-state index in [4.69, 9.17) is 0 Å². The lowest BCUT2D eigenvalue weighted by atomic mass is 9.89. The van der Waals surface area contributed by atoms with Gasteiger partial charge in [-0.15, -0.1) is 0 Å². The highest BCUT2D eigenvalue weighted by molar-refractivity contribution is 6.18. The second kappa shape index (κ2) is 26.3. The van der Waals surface area contributed by atoms with E-state index in [0.717, 1.165) is 18.5 Å². The first-order valence-electron chi connectivity index (χ1n) is 16.3. The monoisotopic (exact) mass is 487 g/mol. The summed E-state index contributed by atoms with van der Waals surface area (Å²) in [6.07, 6.45) is 43.3. The van der Waals surface area contributed by atoms with Crippen molar-refractivity contribution in [2.24, 2.45) is 15.9 Å². The molecule has 0 aromatic rings. The summed E-state index contributed by atoms with van der Waals surface area (Å²) in [5.74, 6) is 0.962. The van der Waals surface area contributed by atoms with Gasteiger partial charge in [0.2, 0.25) is 6.17 Å². The fraction of sp³-hybridized carbons (Fsp3) is 0.909. The van der Waals surface area contributed by atoms with Gasteiger partial charge in [-0.2, -0.15) is 0 Å². The molecule has 0 spiro atoms. The van der Waals surface area contributed by atoms with Crippen molar-refractivity contribution in [1.29, 1.82) is 0 Å². The first kappa shape index (κ1) is 32.2. The van der Waals surface area contributed by atoms with Crippen LogP contribution in [-0.4, -0.2) is 12.4 Å². The second-order valence-corrected chi connectivity index (χ2v) is 11.4. The summed E-state index contributed by atoms with van der Waals surface area (Å²) in [6, 6.07) is 0. The molecule has 0 aromatic carbocycles. The Hall–Kier alpha value is -0.790. The number of hydrogen-bond acceptors (Lipinski definition) is 2. The molecule has 0 bridgehead atoms. The van der Waals surface area contributed by atoms with Crippen LogP contribution in [-0.2, 0) is 0 Å². The minimum absolute atomic E-state index is 0.962. The van der Waals surface area contributed by atoms with Crippen LogP contribution >= 0.6 is 0 Å². The SMILES string of the molecule is CCCCCCCCCCCCCCCCC(CCCCCCCCC)CCCC[C+]1N=CC=N1. The molecule has 0 fully saturated rings. The van der Waals surface area contributed by atoms with Gasteiger partial charge in [-0.25, -0.2) is 0 Å². The average Bonchev–Trinajstić information content (AvgIpc) is 3.39. The van der Waals surface area contributed by atoms with Crippen molar-refractivity contribution in [1.82, 2.24) is 0 Å². The number of hydrogen-bond donors (Lipinski definition) is 0. The predicted molar refractivity (Wildman–Crippen MR) is 160 cm³/mol. The van der Waals surface area contributed by atoms with E-state index in [0.29, 0.717) is 0 Å². The lowest BCUT2D eigenvalue weighted by Crippen LogP contribution is -2.02. The van der Waals surface area contributed by atoms with Crippen LogP contribution < -0.4 is 0 Å². The lowest BCUT2D eigenvalue weighted by molar-refractivity contribution is 0.367. The zero-order valence-electron chi connectivity index (χ0n) is 24.2. The first-order chi connectivity index (χ1) is 17.4. The van der Waals surface area contributed by atoms with Crippen LogP contribution in [0.5, 0.6) is 0 Å². The molecule has 0 N–H and O–H groups in total. The van der Waals surface area contributed by atoms with Gasteiger partial charge in [0.15, 0.2) is 12.4 Å². The average molecular weight is 488 g/mol. The fourth-order valence-electron chi connectivity index (χ4n) is 5.57. The molecule has 0 saturated carbocycles. The topological polar surface area (TPSA) is 24.7 Å². The molecular weight excluding hydrogens is 424 g/mol. The van der Waals surface area contributed by atoms with Crippen molar-refractivity contribution in [3.8, 4) is 0 Å². The highest BCUT2D eigenvalue weighted by Gasteiger charge is 2.15. The molecule has 2 nitrogen and oxygen atoms in total. The molecule has 1 atom stereocenters. The summed E-state index contributed by atoms with van der Waals surface area (Å²) in [5.41, 5.74) is 0. The van der Waals surface area contributed by atoms with E-state index in [1.54, 1.807) is 0 Å². The predicted octanol–water partition coefficient (Wildman–Crippen LogP) is 11.8. The van der Waals surface area contributed by atoms with Gasteiger partial charge in [-0.05, 0) is 12.3 Å². The van der Waals surface area contributed by atoms with E-state index < -0.39 is 0 Å². The van der Waals surface area contributed by atoms with Crippen LogP contribution in [0.4, 0.5) is 0 Å². The quantitative estimate of drug-likeness (QED) is 0.0774. The molecule has 2 heteroatoms. The van der Waals surface area contributed by atoms with Gasteiger partial charge in [-0.3, -0.25) is 0 Å². The Bertz CT molecular complexity index is 458. The molecule has 0 aromatic heterocycles. The Labute approximate surface area is 221 Å². The first-order valence-corrected chi connectivity index (χ1v) is 16.3. The number of rotatable bonds is 28. The maximum Gasteiger partial charge on any atom is 0.240 e. The van der Waals surface area contributed by atoms with Gasteiger partial charge in [0, 0.05) is 0 Å². The molecular formula is C33H63N2+. The van der Waals surface area contributed by atoms with Crippen LogP contribution in [0.25, 0.3) is 0 Å². The van der Waals surface area contributed by atoms with Gasteiger partial charge in [0.25, 0.3) is 0 Å². The van der Waals surface area contributed by atoms with Gasteiger partial charge < -0.3 is 0 Å². The summed E-state index contributed by atoms with van der Waals surface area (Å²) in [4.78, 5) is 8.66. The molecule has 0 saturated heterocycles. The highest BCUT2D eigenvalue weighted by atomic mass is 15.0. The zero-order valence-corrected chi connectivity index (χ0v) is 24.2. The molecule has 0 amide bonds. The third-order valence-electron chi connectivity index (χ3n) is 7.96. The Morgan fingerprint density at radius 1 is 0.429 bits per heavy atom. The molecule has 1 aliphatic heterocycles. The maximum atomic E-state index is 4.33. The zero-order chi connectivity index (χ0) is 25.1. The van der Waals surface area contributed by atoms with Gasteiger partial charge in [-0.1, -0.05) is 184 Å². The normalized spacial score (nSPS) is 13.8. The molecule has 0 aliphatic carbocycles. The van der Waals surface area contributed by atoms with Crippen molar-refractivity contribution in [2.45, 2.75) is 187 Å². The van der Waals surface area contributed by atoms with E-state index in [2.05, 4.69) is 23.8 Å². The summed E-state index contributed by atoms with van der Waals surface area (Å²) in [7, 11) is 0. The minimum Gasteiger partial charge on any atom is -0.0968 e. The molecule has 0 radical (unpaired) electrons. The Kier molecular flexibility index (Phi) is 24.2. The molecule has 1 unspecified atom stereocenters. The smallest absolute Gasteiger partial charge is 0.0968 e. The van der Waals surface area contributed by atoms with Crippen molar-refractivity contribution >= 4 is 12.4 Å². The lowest BCUT2D eigenvalue weighted by Gasteiger charge is -2.17. The third-order valence-corrected chi connectivity index (χ3v) is 7.96. The van der Waals surface area contributed by atoms with E-state index >= 15 is 0 Å². The molecule has 1 heterocycles. The Balaban J connectivity index is 2.02. The van der Waals surface area contributed by atoms with Crippen LogP contribution in [0.2, 0.25) is 0 Å². The third kappa shape index (κ3) is 22.2. The van der Waals surface area contributed by atoms with E-state index in [9.17, 15) is 0 Å². The van der Waals surface area contributed by atoms with E-state index in [-0.39, 0.29) is 0 Å². The highest BCUT2D eigenvalue weighted by Crippen LogP contribution is 2.26. The van der Waals surface area contributed by atoms with Gasteiger partial charge in [0.1, 0.15) is 0 Å². The van der Waals surface area contributed by atoms with Gasteiger partial charge in [0.05, 0.1) is 6.42 Å². The largest absolute Gasteiger partial charge is 0.240 e. The van der Waals surface area contributed by atoms with Crippen molar-refractivity contribution in [3.05, 3.63) is 6.17 Å². The summed E-state index contributed by atoms with van der Waals surface area (Å²) < 4.78 is 0. The van der Waals surface area contributed by atoms with Crippen molar-refractivity contribution in [2.75, 3.05) is 0 Å². The minimum atomic E-state index is 0.962. The summed E-state index contributed by atoms with van der Waals surface area (Å²) >= 11 is 0. The molecule has 1 aliphatic rings. The number of unbranched alkanes of at least 4 members (excludes halogenated alkanes) is 20. The Morgan fingerprint density at radius 2 is 0.743 bits per heavy atom. The van der Waals surface area contributed by atoms with E-state index in [1.165, 1.54) is 167 Å². The molecule has 35 heavy (non-hydrogen) atoms. The number of aliphatic imine (C=N–C) groups is 2. The Morgan fingerprint density at radius 3 is 1.11 bits per heavy atom. The summed E-state index contributed by atoms with van der Waals surface area (Å²) in [6.45, 7) is 4.62. The molecule has 204 valence electrons. The van der Waals surface area contributed by atoms with Crippen LogP contribution in [0.15, 0.2) is 9.98 Å². The molecule has 1 rings (SSSR count). The van der Waals surface area contributed by atoms with Crippen LogP contribution in [0.3, 0.4) is 0 Å². The maximum absolute atomic E-state index is 4.33. The van der Waals surface area contributed by atoms with Crippen molar-refractivity contribution < 1.29 is 0 Å². The van der Waals surface area contributed by atoms with Crippen LogP contribution in [0.1, 0.15) is 187 Å². The van der Waals surface area contributed by atoms with E-state index in [1.807, 2.05) is 12.4 Å². The van der Waals surface area contributed by atoms with Crippen LogP contribution in [0, 0.1) is 12.1 Å². The number of nitrogens with zero attached hydrogens (tertiary/aromatic N) is 2.